The van der Waals surface area contributed by atoms with E-state index in [1.807, 2.05) is 36.5 Å². The second-order valence-corrected chi connectivity index (χ2v) is 6.34. The minimum atomic E-state index is 0.689. The van der Waals surface area contributed by atoms with Gasteiger partial charge in [-0.05, 0) is 47.9 Å². The van der Waals surface area contributed by atoms with Gasteiger partial charge in [-0.3, -0.25) is 4.98 Å². The minimum Gasteiger partial charge on any atom is -0.495 e. The average Bonchev–Trinajstić information content (AvgIpc) is 3.15. The SMILES string of the molecule is CCc1ccc(Cl)cc1-c1ncc(OC)cc1-c1ccn2ncnc2c1. The molecule has 0 spiro atoms. The zero-order chi connectivity index (χ0) is 18.1. The molecule has 4 aromatic rings. The Balaban J connectivity index is 1.97. The highest BCUT2D eigenvalue weighted by molar-refractivity contribution is 6.30. The van der Waals surface area contributed by atoms with Gasteiger partial charge in [0.2, 0.25) is 0 Å². The molecule has 0 aliphatic rings. The van der Waals surface area contributed by atoms with Crippen LogP contribution < -0.4 is 4.74 Å². The molecule has 0 saturated heterocycles. The molecule has 5 nitrogen and oxygen atoms in total. The molecule has 4 rings (SSSR count). The maximum atomic E-state index is 6.27. The Morgan fingerprint density at radius 2 is 1.96 bits per heavy atom. The number of benzene rings is 1. The van der Waals surface area contributed by atoms with Crippen molar-refractivity contribution in [3.8, 4) is 28.1 Å². The Kier molecular flexibility index (Phi) is 4.31. The van der Waals surface area contributed by atoms with Crippen molar-refractivity contribution < 1.29 is 4.74 Å². The quantitative estimate of drug-likeness (QED) is 0.527. The Bertz CT molecular complexity index is 1090. The largest absolute Gasteiger partial charge is 0.495 e. The first kappa shape index (κ1) is 16.5. The molecule has 0 aliphatic carbocycles. The third kappa shape index (κ3) is 2.91. The molecule has 0 aliphatic heterocycles. The van der Waals surface area contributed by atoms with E-state index in [1.54, 1.807) is 17.8 Å². The van der Waals surface area contributed by atoms with Crippen LogP contribution in [-0.2, 0) is 6.42 Å². The van der Waals surface area contributed by atoms with Crippen molar-refractivity contribution in [2.45, 2.75) is 13.3 Å². The van der Waals surface area contributed by atoms with E-state index in [0.29, 0.717) is 10.8 Å². The summed E-state index contributed by atoms with van der Waals surface area (Å²) in [6.45, 7) is 2.12. The molecule has 0 radical (unpaired) electrons. The van der Waals surface area contributed by atoms with Gasteiger partial charge in [0.15, 0.2) is 5.65 Å². The summed E-state index contributed by atoms with van der Waals surface area (Å²) in [5.74, 6) is 0.699. The topological polar surface area (TPSA) is 52.3 Å². The van der Waals surface area contributed by atoms with Crippen molar-refractivity contribution in [1.82, 2.24) is 19.6 Å². The van der Waals surface area contributed by atoms with Gasteiger partial charge in [-0.25, -0.2) is 9.50 Å². The van der Waals surface area contributed by atoms with Crippen molar-refractivity contribution in [1.29, 1.82) is 0 Å². The molecule has 130 valence electrons. The van der Waals surface area contributed by atoms with Crippen molar-refractivity contribution in [3.63, 3.8) is 0 Å². The van der Waals surface area contributed by atoms with Gasteiger partial charge in [-0.2, -0.15) is 5.10 Å². The molecule has 26 heavy (non-hydrogen) atoms. The first-order valence-corrected chi connectivity index (χ1v) is 8.70. The van der Waals surface area contributed by atoms with Crippen LogP contribution in [0.1, 0.15) is 12.5 Å². The van der Waals surface area contributed by atoms with Gasteiger partial charge in [0.1, 0.15) is 12.1 Å². The molecule has 0 atom stereocenters. The van der Waals surface area contributed by atoms with Crippen LogP contribution in [0, 0.1) is 0 Å². The van der Waals surface area contributed by atoms with E-state index in [2.05, 4.69) is 28.1 Å². The van der Waals surface area contributed by atoms with E-state index in [1.165, 1.54) is 11.9 Å². The lowest BCUT2D eigenvalue weighted by atomic mass is 9.95. The number of methoxy groups -OCH3 is 1. The van der Waals surface area contributed by atoms with E-state index >= 15 is 0 Å². The number of fused-ring (bicyclic) bond motifs is 1. The van der Waals surface area contributed by atoms with Gasteiger partial charge in [-0.15, -0.1) is 0 Å². The first-order chi connectivity index (χ1) is 12.7. The molecular formula is C20H17ClN4O. The van der Waals surface area contributed by atoms with E-state index in [4.69, 9.17) is 16.3 Å². The number of ether oxygens (including phenoxy) is 1. The molecule has 0 N–H and O–H groups in total. The van der Waals surface area contributed by atoms with Crippen molar-refractivity contribution in [3.05, 3.63) is 65.7 Å². The Morgan fingerprint density at radius 3 is 2.77 bits per heavy atom. The fourth-order valence-electron chi connectivity index (χ4n) is 3.05. The maximum absolute atomic E-state index is 6.27. The molecule has 6 heteroatoms. The third-order valence-corrected chi connectivity index (χ3v) is 4.63. The van der Waals surface area contributed by atoms with Crippen LogP contribution in [0.25, 0.3) is 28.0 Å². The lowest BCUT2D eigenvalue weighted by Gasteiger charge is -2.14. The van der Waals surface area contributed by atoms with Crippen molar-refractivity contribution >= 4 is 17.2 Å². The van der Waals surface area contributed by atoms with Crippen LogP contribution >= 0.6 is 11.6 Å². The summed E-state index contributed by atoms with van der Waals surface area (Å²) in [4.78, 5) is 8.96. The lowest BCUT2D eigenvalue weighted by Crippen LogP contribution is -1.96. The van der Waals surface area contributed by atoms with E-state index in [0.717, 1.165) is 34.5 Å². The van der Waals surface area contributed by atoms with Gasteiger partial charge >= 0.3 is 0 Å². The van der Waals surface area contributed by atoms with Crippen LogP contribution in [0.4, 0.5) is 0 Å². The third-order valence-electron chi connectivity index (χ3n) is 4.40. The van der Waals surface area contributed by atoms with Crippen LogP contribution in [0.5, 0.6) is 5.75 Å². The Labute approximate surface area is 156 Å². The molecule has 0 fully saturated rings. The van der Waals surface area contributed by atoms with Gasteiger partial charge in [0, 0.05) is 22.3 Å². The summed E-state index contributed by atoms with van der Waals surface area (Å²) in [6.07, 6.45) is 6.05. The molecule has 0 unspecified atom stereocenters. The molecule has 0 saturated carbocycles. The monoisotopic (exact) mass is 364 g/mol. The van der Waals surface area contributed by atoms with Crippen LogP contribution in [0.15, 0.2) is 55.1 Å². The predicted octanol–water partition coefficient (Wildman–Crippen LogP) is 4.68. The Hall–Kier alpha value is -2.92. The van der Waals surface area contributed by atoms with Crippen LogP contribution in [-0.4, -0.2) is 26.7 Å². The molecule has 0 bridgehead atoms. The second-order valence-electron chi connectivity index (χ2n) is 5.90. The second kappa shape index (κ2) is 6.77. The summed E-state index contributed by atoms with van der Waals surface area (Å²) in [5.41, 5.74) is 5.82. The summed E-state index contributed by atoms with van der Waals surface area (Å²) in [6, 6.07) is 11.9. The van der Waals surface area contributed by atoms with E-state index < -0.39 is 0 Å². The number of halogens is 1. The zero-order valence-electron chi connectivity index (χ0n) is 14.5. The highest BCUT2D eigenvalue weighted by Crippen LogP contribution is 2.36. The molecule has 3 aromatic heterocycles. The van der Waals surface area contributed by atoms with E-state index in [9.17, 15) is 0 Å². The van der Waals surface area contributed by atoms with Crippen molar-refractivity contribution in [2.24, 2.45) is 0 Å². The number of rotatable bonds is 4. The highest BCUT2D eigenvalue weighted by atomic mass is 35.5. The first-order valence-electron chi connectivity index (χ1n) is 8.32. The number of aryl methyl sites for hydroxylation is 1. The van der Waals surface area contributed by atoms with Gasteiger partial charge in [0.25, 0.3) is 0 Å². The van der Waals surface area contributed by atoms with Crippen molar-refractivity contribution in [2.75, 3.05) is 7.11 Å². The van der Waals surface area contributed by atoms with Crippen LogP contribution in [0.3, 0.4) is 0 Å². The van der Waals surface area contributed by atoms with Gasteiger partial charge in [-0.1, -0.05) is 24.6 Å². The number of pyridine rings is 2. The summed E-state index contributed by atoms with van der Waals surface area (Å²) in [7, 11) is 1.64. The van der Waals surface area contributed by atoms with Crippen LogP contribution in [0.2, 0.25) is 5.02 Å². The predicted molar refractivity (Wildman–Crippen MR) is 103 cm³/mol. The van der Waals surface area contributed by atoms with Gasteiger partial charge in [0.05, 0.1) is 19.0 Å². The highest BCUT2D eigenvalue weighted by Gasteiger charge is 2.15. The standard InChI is InChI=1S/C20H17ClN4O/c1-3-13-4-5-15(21)9-17(13)20-18(10-16(26-2)11-22-20)14-6-7-25-19(8-14)23-12-24-25/h4-12H,3H2,1-2H3. The Morgan fingerprint density at radius 1 is 1.08 bits per heavy atom. The zero-order valence-corrected chi connectivity index (χ0v) is 15.2. The van der Waals surface area contributed by atoms with E-state index in [-0.39, 0.29) is 0 Å². The normalized spacial score (nSPS) is 11.0. The fraction of sp³-hybridized carbons (Fsp3) is 0.150. The molecule has 3 heterocycles. The fourth-order valence-corrected chi connectivity index (χ4v) is 3.22. The molecule has 0 amide bonds. The number of hydrogen-bond acceptors (Lipinski definition) is 4. The number of hydrogen-bond donors (Lipinski definition) is 0. The summed E-state index contributed by atoms with van der Waals surface area (Å²) < 4.78 is 7.13. The van der Waals surface area contributed by atoms with Gasteiger partial charge < -0.3 is 4.74 Å². The average molecular weight is 365 g/mol. The smallest absolute Gasteiger partial charge is 0.155 e. The lowest BCUT2D eigenvalue weighted by molar-refractivity contribution is 0.413. The molecular weight excluding hydrogens is 348 g/mol. The molecule has 1 aromatic carbocycles. The summed E-state index contributed by atoms with van der Waals surface area (Å²) in [5, 5.41) is 4.84. The minimum absolute atomic E-state index is 0.689. The number of aromatic nitrogens is 4. The summed E-state index contributed by atoms with van der Waals surface area (Å²) >= 11 is 6.27. The maximum Gasteiger partial charge on any atom is 0.155 e. The number of nitrogens with zero attached hydrogens (tertiary/aromatic N) is 4.